The van der Waals surface area contributed by atoms with Crippen LogP contribution in [-0.4, -0.2) is 73.5 Å². The monoisotopic (exact) mass is 782 g/mol. The predicted octanol–water partition coefficient (Wildman–Crippen LogP) is 7.38. The van der Waals surface area contributed by atoms with Crippen LogP contribution in [0.2, 0.25) is 28.2 Å². The SMILES string of the molecule is CC[Si](CC)(CC)O[C@@H]1O[C@@H]2[C@@H](O[C@H](CO)[C@@H]2O[Si](c2ccccc2)(c2ccccc2)C(C)(C)C)[C@H]1O[Si](c1ccccc1)(c1ccccc1)C(C)(C)C. The lowest BCUT2D eigenvalue weighted by Crippen LogP contribution is -2.69. The molecule has 4 aromatic carbocycles. The van der Waals surface area contributed by atoms with Gasteiger partial charge in [-0.3, -0.25) is 0 Å². The number of ether oxygens (including phenoxy) is 2. The maximum atomic E-state index is 11.1. The van der Waals surface area contributed by atoms with E-state index in [-0.39, 0.29) is 16.7 Å². The Morgan fingerprint density at radius 1 is 0.500 bits per heavy atom. The van der Waals surface area contributed by atoms with Gasteiger partial charge in [-0.05, 0) is 49.0 Å². The zero-order valence-corrected chi connectivity index (χ0v) is 36.8. The van der Waals surface area contributed by atoms with Crippen LogP contribution in [-0.2, 0) is 22.8 Å². The summed E-state index contributed by atoms with van der Waals surface area (Å²) in [7, 11) is -8.35. The van der Waals surface area contributed by atoms with E-state index in [1.54, 1.807) is 0 Å². The molecule has 0 bridgehead atoms. The van der Waals surface area contributed by atoms with Crippen molar-refractivity contribution in [3.63, 3.8) is 0 Å². The van der Waals surface area contributed by atoms with E-state index in [1.165, 1.54) is 20.7 Å². The van der Waals surface area contributed by atoms with Gasteiger partial charge in [0.2, 0.25) is 0 Å². The summed E-state index contributed by atoms with van der Waals surface area (Å²) in [6, 6.07) is 45.7. The molecule has 2 aliphatic heterocycles. The minimum absolute atomic E-state index is 0.200. The Balaban J connectivity index is 1.52. The van der Waals surface area contributed by atoms with Crippen molar-refractivity contribution in [2.24, 2.45) is 0 Å². The van der Waals surface area contributed by atoms with Gasteiger partial charge in [0.25, 0.3) is 16.6 Å². The van der Waals surface area contributed by atoms with Crippen molar-refractivity contribution < 1.29 is 27.9 Å². The highest BCUT2D eigenvalue weighted by atomic mass is 28.4. The molecule has 0 amide bonds. The van der Waals surface area contributed by atoms with E-state index >= 15 is 0 Å². The summed E-state index contributed by atoms with van der Waals surface area (Å²) < 4.78 is 37.3. The number of hydrogen-bond donors (Lipinski definition) is 1. The Bertz CT molecular complexity index is 1670. The lowest BCUT2D eigenvalue weighted by atomic mass is 10.1. The molecule has 0 aliphatic carbocycles. The third-order valence-corrected chi connectivity index (χ3v) is 26.8. The summed E-state index contributed by atoms with van der Waals surface area (Å²) in [6.07, 6.45) is -3.43. The molecule has 54 heavy (non-hydrogen) atoms. The van der Waals surface area contributed by atoms with Crippen LogP contribution in [0.5, 0.6) is 0 Å². The fourth-order valence-electron chi connectivity index (χ4n) is 9.11. The Labute approximate surface area is 327 Å². The van der Waals surface area contributed by atoms with E-state index in [1.807, 2.05) is 0 Å². The van der Waals surface area contributed by atoms with Crippen LogP contribution >= 0.6 is 0 Å². The van der Waals surface area contributed by atoms with Crippen LogP contribution in [0.3, 0.4) is 0 Å². The zero-order valence-electron chi connectivity index (χ0n) is 33.8. The Morgan fingerprint density at radius 3 is 1.15 bits per heavy atom. The van der Waals surface area contributed by atoms with Gasteiger partial charge in [-0.15, -0.1) is 0 Å². The maximum Gasteiger partial charge on any atom is 0.261 e. The topological polar surface area (TPSA) is 66.4 Å². The van der Waals surface area contributed by atoms with Crippen LogP contribution in [0.25, 0.3) is 0 Å². The van der Waals surface area contributed by atoms with E-state index < -0.39 is 61.8 Å². The first-order valence-corrected chi connectivity index (χ1v) is 26.3. The summed E-state index contributed by atoms with van der Waals surface area (Å²) in [6.45, 7) is 20.3. The fourth-order valence-corrected chi connectivity index (χ4v) is 21.2. The minimum Gasteiger partial charge on any atom is -0.399 e. The van der Waals surface area contributed by atoms with Gasteiger partial charge >= 0.3 is 0 Å². The Kier molecular flexibility index (Phi) is 12.4. The molecule has 290 valence electrons. The number of benzene rings is 4. The molecule has 2 heterocycles. The molecular formula is C45H62O6Si3. The third-order valence-electron chi connectivity index (χ3n) is 12.2. The molecule has 0 radical (unpaired) electrons. The number of aliphatic hydroxyl groups is 1. The summed E-state index contributed by atoms with van der Waals surface area (Å²) in [5.41, 5.74) is 0. The van der Waals surface area contributed by atoms with Crippen LogP contribution < -0.4 is 20.7 Å². The second-order valence-electron chi connectivity index (χ2n) is 17.1. The highest BCUT2D eigenvalue weighted by Crippen LogP contribution is 2.47. The zero-order chi connectivity index (χ0) is 38.8. The van der Waals surface area contributed by atoms with Crippen molar-refractivity contribution in [1.29, 1.82) is 0 Å². The van der Waals surface area contributed by atoms with Crippen molar-refractivity contribution in [3.05, 3.63) is 121 Å². The summed E-state index contributed by atoms with van der Waals surface area (Å²) in [4.78, 5) is 0. The molecule has 6 rings (SSSR count). The van der Waals surface area contributed by atoms with Gasteiger partial charge < -0.3 is 27.9 Å². The second-order valence-corrected chi connectivity index (χ2v) is 30.4. The summed E-state index contributed by atoms with van der Waals surface area (Å²) >= 11 is 0. The molecule has 6 nitrogen and oxygen atoms in total. The van der Waals surface area contributed by atoms with E-state index in [4.69, 9.17) is 22.8 Å². The lowest BCUT2D eigenvalue weighted by molar-refractivity contribution is -0.146. The highest BCUT2D eigenvalue weighted by Gasteiger charge is 2.65. The number of hydrogen-bond acceptors (Lipinski definition) is 6. The van der Waals surface area contributed by atoms with Gasteiger partial charge in [0.1, 0.15) is 30.5 Å². The van der Waals surface area contributed by atoms with Gasteiger partial charge in [-0.25, -0.2) is 0 Å². The van der Waals surface area contributed by atoms with Crippen molar-refractivity contribution in [1.82, 2.24) is 0 Å². The van der Waals surface area contributed by atoms with Crippen molar-refractivity contribution in [2.75, 3.05) is 6.61 Å². The highest BCUT2D eigenvalue weighted by molar-refractivity contribution is 7.00. The van der Waals surface area contributed by atoms with Crippen LogP contribution in [0.15, 0.2) is 121 Å². The van der Waals surface area contributed by atoms with Crippen LogP contribution in [0, 0.1) is 0 Å². The number of rotatable bonds is 14. The van der Waals surface area contributed by atoms with Crippen LogP contribution in [0.1, 0.15) is 62.3 Å². The average Bonchev–Trinajstić information content (AvgIpc) is 3.69. The molecule has 2 aliphatic rings. The maximum absolute atomic E-state index is 11.1. The molecule has 0 unspecified atom stereocenters. The number of fused-ring (bicyclic) bond motifs is 1. The number of aliphatic hydroxyl groups excluding tert-OH is 1. The molecule has 2 fully saturated rings. The van der Waals surface area contributed by atoms with Crippen LogP contribution in [0.4, 0.5) is 0 Å². The van der Waals surface area contributed by atoms with E-state index in [9.17, 15) is 5.11 Å². The molecule has 4 aromatic rings. The van der Waals surface area contributed by atoms with E-state index in [2.05, 4.69) is 184 Å². The fraction of sp³-hybridized carbons (Fsp3) is 0.467. The lowest BCUT2D eigenvalue weighted by Gasteiger charge is -2.46. The molecule has 9 heteroatoms. The van der Waals surface area contributed by atoms with Gasteiger partial charge in [0, 0.05) is 0 Å². The van der Waals surface area contributed by atoms with Gasteiger partial charge in [0.15, 0.2) is 14.6 Å². The predicted molar refractivity (Wildman–Crippen MR) is 228 cm³/mol. The Morgan fingerprint density at radius 2 is 0.833 bits per heavy atom. The standard InChI is InChI=1S/C45H62O6Si3/c1-10-52(11-2,12-3)51-43-42(50-54(45(7,8)9,36-29-21-15-22-30-36)37-31-23-16-24-32-37)41-40(48-43)39(38(33-46)47-41)49-53(44(4,5)6,34-25-17-13-18-26-34)35-27-19-14-20-28-35/h13-32,38-43,46H,10-12,33H2,1-9H3/t38-,39+,40+,41-,42-,43+/m1/s1. The Hall–Kier alpha value is -2.71. The first-order chi connectivity index (χ1) is 25.8. The molecule has 2 saturated heterocycles. The quantitative estimate of drug-likeness (QED) is 0.135. The van der Waals surface area contributed by atoms with Gasteiger partial charge in [0.05, 0.1) is 6.61 Å². The van der Waals surface area contributed by atoms with Crippen molar-refractivity contribution in [2.45, 2.75) is 127 Å². The van der Waals surface area contributed by atoms with Crippen molar-refractivity contribution in [3.8, 4) is 0 Å². The molecular weight excluding hydrogens is 721 g/mol. The smallest absolute Gasteiger partial charge is 0.261 e. The average molecular weight is 783 g/mol. The summed E-state index contributed by atoms with van der Waals surface area (Å²) in [5.74, 6) is 0. The van der Waals surface area contributed by atoms with E-state index in [0.717, 1.165) is 18.1 Å². The molecule has 0 aromatic heterocycles. The van der Waals surface area contributed by atoms with E-state index in [0.29, 0.717) is 0 Å². The summed E-state index contributed by atoms with van der Waals surface area (Å²) in [5, 5.41) is 15.3. The van der Waals surface area contributed by atoms with Gasteiger partial charge in [-0.2, -0.15) is 0 Å². The first-order valence-electron chi connectivity index (χ1n) is 20.0. The minimum atomic E-state index is -3.08. The molecule has 0 spiro atoms. The third kappa shape index (κ3) is 7.32. The second kappa shape index (κ2) is 16.4. The normalized spacial score (nSPS) is 23.7. The molecule has 1 N–H and O–H groups in total. The van der Waals surface area contributed by atoms with Gasteiger partial charge in [-0.1, -0.05) is 184 Å². The largest absolute Gasteiger partial charge is 0.399 e. The first kappa shape index (κ1) is 40.9. The van der Waals surface area contributed by atoms with Crippen molar-refractivity contribution >= 4 is 45.7 Å². The molecule has 6 atom stereocenters. The molecule has 0 saturated carbocycles.